The zero-order valence-electron chi connectivity index (χ0n) is 16.5. The first-order valence-electron chi connectivity index (χ1n) is 9.43. The second-order valence-corrected chi connectivity index (χ2v) is 7.73. The van der Waals surface area contributed by atoms with Gasteiger partial charge in [-0.1, -0.05) is 18.2 Å². The zero-order chi connectivity index (χ0) is 20.6. The molecule has 0 saturated heterocycles. The number of carbonyl (C=O) groups excluding carboxylic acids is 2. The fourth-order valence-corrected chi connectivity index (χ4v) is 3.98. The van der Waals surface area contributed by atoms with E-state index < -0.39 is 6.04 Å². The van der Waals surface area contributed by atoms with E-state index in [0.717, 1.165) is 27.1 Å². The van der Waals surface area contributed by atoms with E-state index in [-0.39, 0.29) is 11.8 Å². The Morgan fingerprint density at radius 3 is 2.62 bits per heavy atom. The molecule has 0 fully saturated rings. The van der Waals surface area contributed by atoms with E-state index in [9.17, 15) is 9.59 Å². The molecule has 0 radical (unpaired) electrons. The summed E-state index contributed by atoms with van der Waals surface area (Å²) in [5.74, 6) is 0.825. The van der Waals surface area contributed by atoms with Crippen LogP contribution in [0, 0.1) is 0 Å². The topological polar surface area (TPSA) is 83.2 Å². The van der Waals surface area contributed by atoms with Crippen LogP contribution in [0.2, 0.25) is 0 Å². The van der Waals surface area contributed by atoms with Gasteiger partial charge in [0, 0.05) is 41.2 Å². The van der Waals surface area contributed by atoms with Crippen molar-refractivity contribution in [3.05, 3.63) is 60.3 Å². The summed E-state index contributed by atoms with van der Waals surface area (Å²) in [7, 11) is 1.62. The number of nitrogens with one attached hydrogen (secondary N) is 3. The van der Waals surface area contributed by atoms with Gasteiger partial charge >= 0.3 is 0 Å². The average Bonchev–Trinajstić information content (AvgIpc) is 3.14. The minimum Gasteiger partial charge on any atom is -0.497 e. The van der Waals surface area contributed by atoms with Crippen LogP contribution in [0.15, 0.2) is 59.6 Å². The number of ether oxygens (including phenoxy) is 1. The van der Waals surface area contributed by atoms with E-state index in [0.29, 0.717) is 18.7 Å². The Bertz CT molecular complexity index is 969. The highest BCUT2D eigenvalue weighted by molar-refractivity contribution is 7.99. The first-order valence-corrected chi connectivity index (χ1v) is 10.4. The number of fused-ring (bicyclic) bond motifs is 1. The van der Waals surface area contributed by atoms with Gasteiger partial charge in [-0.15, -0.1) is 11.8 Å². The number of hydrogen-bond donors (Lipinski definition) is 3. The van der Waals surface area contributed by atoms with Crippen molar-refractivity contribution in [1.82, 2.24) is 15.6 Å². The van der Waals surface area contributed by atoms with Gasteiger partial charge < -0.3 is 20.4 Å². The maximum atomic E-state index is 12.6. The monoisotopic (exact) mass is 411 g/mol. The van der Waals surface area contributed by atoms with Crippen molar-refractivity contribution in [2.45, 2.75) is 24.3 Å². The van der Waals surface area contributed by atoms with Gasteiger partial charge in [0.1, 0.15) is 11.8 Å². The van der Waals surface area contributed by atoms with Gasteiger partial charge in [0.25, 0.3) is 0 Å². The first kappa shape index (κ1) is 20.8. The van der Waals surface area contributed by atoms with Gasteiger partial charge in [-0.2, -0.15) is 0 Å². The summed E-state index contributed by atoms with van der Waals surface area (Å²) in [6, 6.07) is 15.1. The van der Waals surface area contributed by atoms with Crippen molar-refractivity contribution in [3.63, 3.8) is 0 Å². The number of aromatic nitrogens is 1. The zero-order valence-corrected chi connectivity index (χ0v) is 17.3. The van der Waals surface area contributed by atoms with Gasteiger partial charge in [0.2, 0.25) is 11.8 Å². The predicted octanol–water partition coefficient (Wildman–Crippen LogP) is 3.13. The maximum absolute atomic E-state index is 12.6. The van der Waals surface area contributed by atoms with Gasteiger partial charge in [0.05, 0.1) is 7.11 Å². The minimum atomic E-state index is -0.595. The molecule has 7 heteroatoms. The van der Waals surface area contributed by atoms with Crippen molar-refractivity contribution in [3.8, 4) is 5.75 Å². The molecule has 0 aliphatic rings. The third-order valence-corrected chi connectivity index (χ3v) is 5.64. The summed E-state index contributed by atoms with van der Waals surface area (Å²) in [4.78, 5) is 28.4. The number of amides is 2. The third-order valence-electron chi connectivity index (χ3n) is 4.54. The molecule has 0 aliphatic carbocycles. The Kier molecular flexibility index (Phi) is 7.19. The Morgan fingerprint density at radius 2 is 1.90 bits per heavy atom. The summed E-state index contributed by atoms with van der Waals surface area (Å²) in [6.45, 7) is 1.92. The number of rotatable bonds is 9. The van der Waals surface area contributed by atoms with Crippen LogP contribution in [0.1, 0.15) is 12.5 Å². The molecule has 6 nitrogen and oxygen atoms in total. The smallest absolute Gasteiger partial charge is 0.243 e. The quantitative estimate of drug-likeness (QED) is 0.473. The molecule has 29 heavy (non-hydrogen) atoms. The molecule has 3 rings (SSSR count). The van der Waals surface area contributed by atoms with Crippen LogP contribution < -0.4 is 15.4 Å². The van der Waals surface area contributed by atoms with Crippen LogP contribution in [0.25, 0.3) is 10.9 Å². The van der Waals surface area contributed by atoms with Gasteiger partial charge in [-0.25, -0.2) is 0 Å². The molecule has 2 aromatic carbocycles. The number of aromatic amines is 1. The van der Waals surface area contributed by atoms with Gasteiger partial charge in [-0.05, 0) is 42.3 Å². The lowest BCUT2D eigenvalue weighted by Gasteiger charge is -2.17. The van der Waals surface area contributed by atoms with Crippen LogP contribution in [-0.2, 0) is 16.0 Å². The second-order valence-electron chi connectivity index (χ2n) is 6.64. The molecule has 3 aromatic rings. The molecule has 0 saturated carbocycles. The van der Waals surface area contributed by atoms with Crippen molar-refractivity contribution in [2.24, 2.45) is 0 Å². The van der Waals surface area contributed by atoms with E-state index in [4.69, 9.17) is 4.74 Å². The Labute approximate surface area is 174 Å². The van der Waals surface area contributed by atoms with Crippen LogP contribution in [0.5, 0.6) is 5.75 Å². The number of para-hydroxylation sites is 1. The molecule has 0 aliphatic heterocycles. The molecule has 1 aromatic heterocycles. The van der Waals surface area contributed by atoms with Gasteiger partial charge in [0.15, 0.2) is 0 Å². The Morgan fingerprint density at radius 1 is 1.14 bits per heavy atom. The van der Waals surface area contributed by atoms with Crippen LogP contribution >= 0.6 is 11.8 Å². The maximum Gasteiger partial charge on any atom is 0.243 e. The lowest BCUT2D eigenvalue weighted by molar-refractivity contribution is -0.127. The van der Waals surface area contributed by atoms with Crippen molar-refractivity contribution < 1.29 is 14.3 Å². The largest absolute Gasteiger partial charge is 0.497 e. The SMILES string of the molecule is COc1ccc(SCC(NC(C)=O)C(=O)NCCc2c[nH]c3ccccc23)cc1. The number of carbonyl (C=O) groups is 2. The third kappa shape index (κ3) is 5.77. The summed E-state index contributed by atoms with van der Waals surface area (Å²) in [5, 5.41) is 6.85. The number of H-pyrrole nitrogens is 1. The summed E-state index contributed by atoms with van der Waals surface area (Å²) in [5.41, 5.74) is 2.24. The van der Waals surface area contributed by atoms with Crippen LogP contribution in [-0.4, -0.2) is 42.2 Å². The Balaban J connectivity index is 1.54. The minimum absolute atomic E-state index is 0.180. The molecular weight excluding hydrogens is 386 g/mol. The van der Waals surface area contributed by atoms with E-state index in [1.807, 2.05) is 48.7 Å². The molecule has 3 N–H and O–H groups in total. The normalized spacial score (nSPS) is 11.8. The van der Waals surface area contributed by atoms with Crippen molar-refractivity contribution in [2.75, 3.05) is 19.4 Å². The lowest BCUT2D eigenvalue weighted by atomic mass is 10.1. The van der Waals surface area contributed by atoms with E-state index >= 15 is 0 Å². The highest BCUT2D eigenvalue weighted by Gasteiger charge is 2.19. The predicted molar refractivity (Wildman–Crippen MR) is 116 cm³/mol. The highest BCUT2D eigenvalue weighted by Crippen LogP contribution is 2.22. The highest BCUT2D eigenvalue weighted by atomic mass is 32.2. The first-order chi connectivity index (χ1) is 14.1. The average molecular weight is 412 g/mol. The molecular formula is C22H25N3O3S. The molecule has 0 bridgehead atoms. The lowest BCUT2D eigenvalue weighted by Crippen LogP contribution is -2.48. The molecule has 1 atom stereocenters. The number of benzene rings is 2. The van der Waals surface area contributed by atoms with Gasteiger partial charge in [-0.3, -0.25) is 9.59 Å². The van der Waals surface area contributed by atoms with E-state index in [2.05, 4.69) is 21.7 Å². The molecule has 152 valence electrons. The number of methoxy groups -OCH3 is 1. The standard InChI is InChI=1S/C22H25N3O3S/c1-15(26)25-21(14-29-18-9-7-17(28-2)8-10-18)22(27)23-12-11-16-13-24-20-6-4-3-5-19(16)20/h3-10,13,21,24H,11-12,14H2,1-2H3,(H,23,27)(H,25,26). The van der Waals surface area contributed by atoms with Crippen LogP contribution in [0.4, 0.5) is 0 Å². The van der Waals surface area contributed by atoms with E-state index in [1.165, 1.54) is 18.7 Å². The molecule has 1 heterocycles. The van der Waals surface area contributed by atoms with Crippen LogP contribution in [0.3, 0.4) is 0 Å². The fourth-order valence-electron chi connectivity index (χ4n) is 3.06. The van der Waals surface area contributed by atoms with Crippen molar-refractivity contribution >= 4 is 34.5 Å². The molecule has 0 spiro atoms. The molecule has 1 unspecified atom stereocenters. The number of thioether (sulfide) groups is 1. The summed E-state index contributed by atoms with van der Waals surface area (Å²) < 4.78 is 5.15. The Hall–Kier alpha value is -2.93. The fraction of sp³-hybridized carbons (Fsp3) is 0.273. The molecule has 2 amide bonds. The van der Waals surface area contributed by atoms with E-state index in [1.54, 1.807) is 7.11 Å². The summed E-state index contributed by atoms with van der Waals surface area (Å²) >= 11 is 1.52. The second kappa shape index (κ2) is 10.0. The number of hydrogen-bond acceptors (Lipinski definition) is 4. The summed E-state index contributed by atoms with van der Waals surface area (Å²) in [6.07, 6.45) is 2.69. The van der Waals surface area contributed by atoms with Crippen molar-refractivity contribution in [1.29, 1.82) is 0 Å².